The van der Waals surface area contributed by atoms with Crippen LogP contribution in [0.5, 0.6) is 5.75 Å². The third kappa shape index (κ3) is 3.20. The molecule has 3 aliphatic rings. The lowest BCUT2D eigenvalue weighted by atomic mass is 9.65. The first-order chi connectivity index (χ1) is 14.6. The maximum absolute atomic E-state index is 13.4. The van der Waals surface area contributed by atoms with Crippen molar-refractivity contribution in [3.63, 3.8) is 0 Å². The molecule has 1 aliphatic heterocycles. The Hall–Kier alpha value is -2.88. The molecule has 1 N–H and O–H groups in total. The first-order valence-corrected chi connectivity index (χ1v) is 11.0. The fourth-order valence-corrected chi connectivity index (χ4v) is 5.55. The van der Waals surface area contributed by atoms with Crippen molar-refractivity contribution in [2.24, 2.45) is 10.8 Å². The normalized spacial score (nSPS) is 24.7. The average molecular weight is 417 g/mol. The molecule has 2 aliphatic carbocycles. The van der Waals surface area contributed by atoms with Crippen molar-refractivity contribution in [1.29, 1.82) is 0 Å². The Bertz CT molecular complexity index is 1210. The van der Waals surface area contributed by atoms with Gasteiger partial charge in [0.2, 0.25) is 0 Å². The molecular weight excluding hydrogens is 388 g/mol. The fourth-order valence-electron chi connectivity index (χ4n) is 5.55. The molecule has 2 aromatic carbocycles. The van der Waals surface area contributed by atoms with Crippen LogP contribution in [-0.2, 0) is 9.59 Å². The van der Waals surface area contributed by atoms with E-state index < -0.39 is 5.92 Å². The summed E-state index contributed by atoms with van der Waals surface area (Å²) in [7, 11) is 0. The molecule has 0 fully saturated rings. The number of allylic oxidation sites excluding steroid dienone is 4. The molecule has 0 unspecified atom stereocenters. The molecule has 4 nitrogen and oxygen atoms in total. The minimum atomic E-state index is -0.586. The summed E-state index contributed by atoms with van der Waals surface area (Å²) < 4.78 is 6.33. The molecule has 1 heterocycles. The van der Waals surface area contributed by atoms with Crippen LogP contribution in [0.1, 0.15) is 64.9 Å². The van der Waals surface area contributed by atoms with Gasteiger partial charge in [0.05, 0.1) is 5.92 Å². The highest BCUT2D eigenvalue weighted by Crippen LogP contribution is 2.54. The molecule has 2 aromatic rings. The smallest absolute Gasteiger partial charge is 0.163 e. The third-order valence-electron chi connectivity index (χ3n) is 6.81. The highest BCUT2D eigenvalue weighted by atomic mass is 16.5. The van der Waals surface area contributed by atoms with Gasteiger partial charge in [-0.3, -0.25) is 9.59 Å². The summed E-state index contributed by atoms with van der Waals surface area (Å²) in [6.45, 7) is 8.11. The van der Waals surface area contributed by atoms with E-state index in [4.69, 9.17) is 4.74 Å². The lowest BCUT2D eigenvalue weighted by Gasteiger charge is -2.40. The quantitative estimate of drug-likeness (QED) is 0.605. The monoisotopic (exact) mass is 416 g/mol. The minimum absolute atomic E-state index is 0.00719. The van der Waals surface area contributed by atoms with E-state index in [0.29, 0.717) is 48.3 Å². The molecule has 5 rings (SSSR count). The van der Waals surface area contributed by atoms with Crippen LogP contribution in [0.2, 0.25) is 0 Å². The zero-order chi connectivity index (χ0) is 22.1. The fraction of sp³-hybridized carbons (Fsp3) is 0.407. The van der Waals surface area contributed by atoms with Gasteiger partial charge in [-0.1, -0.05) is 58.0 Å². The highest BCUT2D eigenvalue weighted by molar-refractivity contribution is 6.07. The van der Waals surface area contributed by atoms with Crippen LogP contribution in [0.15, 0.2) is 59.1 Å². The number of hydrogen-bond donors (Lipinski definition) is 1. The number of rotatable bonds is 1. The Kier molecular flexibility index (Phi) is 4.24. The molecule has 0 saturated heterocycles. The van der Waals surface area contributed by atoms with Gasteiger partial charge in [-0.15, -0.1) is 0 Å². The number of Topliss-reactive ketones (excluding diaryl/α,β-unsaturated/α-hetero) is 2. The van der Waals surface area contributed by atoms with Crippen molar-refractivity contribution >= 4 is 22.3 Å². The van der Waals surface area contributed by atoms with Crippen molar-refractivity contribution in [1.82, 2.24) is 0 Å². The van der Waals surface area contributed by atoms with E-state index in [1.807, 2.05) is 50.2 Å². The van der Waals surface area contributed by atoms with E-state index in [-0.39, 0.29) is 28.2 Å². The van der Waals surface area contributed by atoms with Crippen molar-refractivity contribution in [2.75, 3.05) is 0 Å². The second kappa shape index (κ2) is 6.56. The minimum Gasteiger partial charge on any atom is -0.512 e. The lowest BCUT2D eigenvalue weighted by molar-refractivity contribution is -0.119. The van der Waals surface area contributed by atoms with Crippen LogP contribution in [0.25, 0.3) is 10.8 Å². The average Bonchev–Trinajstić information content (AvgIpc) is 2.64. The highest BCUT2D eigenvalue weighted by Gasteiger charge is 2.47. The van der Waals surface area contributed by atoms with Gasteiger partial charge >= 0.3 is 0 Å². The number of benzene rings is 2. The Morgan fingerprint density at radius 1 is 0.839 bits per heavy atom. The van der Waals surface area contributed by atoms with Gasteiger partial charge in [-0.25, -0.2) is 0 Å². The molecule has 0 saturated carbocycles. The summed E-state index contributed by atoms with van der Waals surface area (Å²) in [6, 6.07) is 11.9. The number of ether oxygens (including phenoxy) is 1. The van der Waals surface area contributed by atoms with Gasteiger partial charge in [-0.05, 0) is 27.7 Å². The number of carbonyl (C=O) groups excluding carboxylic acids is 2. The molecule has 0 spiro atoms. The number of hydrogen-bond acceptors (Lipinski definition) is 4. The first kappa shape index (κ1) is 20.0. The van der Waals surface area contributed by atoms with Crippen molar-refractivity contribution < 1.29 is 19.4 Å². The first-order valence-electron chi connectivity index (χ1n) is 11.0. The van der Waals surface area contributed by atoms with Crippen LogP contribution in [-0.4, -0.2) is 16.7 Å². The van der Waals surface area contributed by atoms with Crippen molar-refractivity contribution in [3.8, 4) is 5.75 Å². The largest absolute Gasteiger partial charge is 0.512 e. The SMILES string of the molecule is CC1(C)CC(=O)C([C@H]2C3=C(CC(C)(C)CC3=O)Oc3ccc4ccccc4c32)=C(O)C1. The summed E-state index contributed by atoms with van der Waals surface area (Å²) in [5.41, 5.74) is 1.25. The van der Waals surface area contributed by atoms with E-state index in [0.717, 1.165) is 16.3 Å². The molecule has 0 radical (unpaired) electrons. The molecule has 0 amide bonds. The van der Waals surface area contributed by atoms with Crippen LogP contribution in [0.3, 0.4) is 0 Å². The van der Waals surface area contributed by atoms with Crippen LogP contribution in [0.4, 0.5) is 0 Å². The van der Waals surface area contributed by atoms with E-state index >= 15 is 0 Å². The van der Waals surface area contributed by atoms with Crippen LogP contribution in [0, 0.1) is 10.8 Å². The standard InChI is InChI=1S/C27H28O4/c1-26(2)11-17(28)23(18(29)12-26)25-22-16-8-6-5-7-15(16)9-10-20(22)31-21-14-27(3,4)13-19(30)24(21)25/h5-10,25,28H,11-14H2,1-4H3/t25-/m0/s1. The summed E-state index contributed by atoms with van der Waals surface area (Å²) >= 11 is 0. The van der Waals surface area contributed by atoms with Crippen LogP contribution >= 0.6 is 0 Å². The van der Waals surface area contributed by atoms with Crippen molar-refractivity contribution in [2.45, 2.75) is 59.3 Å². The molecular formula is C27H28O4. The van der Waals surface area contributed by atoms with Gasteiger partial charge < -0.3 is 9.84 Å². The topological polar surface area (TPSA) is 63.6 Å². The predicted octanol–water partition coefficient (Wildman–Crippen LogP) is 6.16. The van der Waals surface area contributed by atoms with Crippen LogP contribution < -0.4 is 4.74 Å². The zero-order valence-electron chi connectivity index (χ0n) is 18.5. The van der Waals surface area contributed by atoms with E-state index in [1.54, 1.807) is 0 Å². The molecule has 0 bridgehead atoms. The summed E-state index contributed by atoms with van der Waals surface area (Å²) in [5.74, 6) is 0.767. The van der Waals surface area contributed by atoms with Gasteiger partial charge in [-0.2, -0.15) is 0 Å². The summed E-state index contributed by atoms with van der Waals surface area (Å²) in [5, 5.41) is 13.1. The van der Waals surface area contributed by atoms with Gasteiger partial charge in [0.25, 0.3) is 0 Å². The number of aliphatic hydroxyl groups is 1. The Labute approximate surface area is 182 Å². The summed E-state index contributed by atoms with van der Waals surface area (Å²) in [6.07, 6.45) is 1.81. The Balaban J connectivity index is 1.82. The molecule has 1 atom stereocenters. The van der Waals surface area contributed by atoms with Gasteiger partial charge in [0, 0.05) is 42.4 Å². The van der Waals surface area contributed by atoms with Crippen molar-refractivity contribution in [3.05, 3.63) is 64.6 Å². The lowest BCUT2D eigenvalue weighted by Crippen LogP contribution is -2.36. The van der Waals surface area contributed by atoms with E-state index in [9.17, 15) is 14.7 Å². The molecule has 160 valence electrons. The third-order valence-corrected chi connectivity index (χ3v) is 6.81. The number of carbonyl (C=O) groups is 2. The molecule has 31 heavy (non-hydrogen) atoms. The maximum Gasteiger partial charge on any atom is 0.163 e. The number of aliphatic hydroxyl groups excluding tert-OH is 1. The molecule has 0 aromatic heterocycles. The predicted molar refractivity (Wildman–Crippen MR) is 120 cm³/mol. The van der Waals surface area contributed by atoms with Gasteiger partial charge in [0.15, 0.2) is 11.6 Å². The second-order valence-electron chi connectivity index (χ2n) is 10.8. The van der Waals surface area contributed by atoms with Gasteiger partial charge in [0.1, 0.15) is 17.3 Å². The van der Waals surface area contributed by atoms with E-state index in [1.165, 1.54) is 0 Å². The van der Waals surface area contributed by atoms with E-state index in [2.05, 4.69) is 13.8 Å². The molecule has 4 heteroatoms. The maximum atomic E-state index is 13.4. The number of ketones is 2. The zero-order valence-corrected chi connectivity index (χ0v) is 18.5. The Morgan fingerprint density at radius 3 is 2.19 bits per heavy atom. The Morgan fingerprint density at radius 2 is 1.48 bits per heavy atom. The summed E-state index contributed by atoms with van der Waals surface area (Å²) in [4.78, 5) is 26.8. The second-order valence-corrected chi connectivity index (χ2v) is 10.8. The number of fused-ring (bicyclic) bond motifs is 3.